The number of rotatable bonds is 1. The topological polar surface area (TPSA) is 40.1 Å². The molecule has 1 N–H and O–H groups in total. The van der Waals surface area contributed by atoms with Crippen molar-refractivity contribution in [2.45, 2.75) is 37.7 Å². The quantitative estimate of drug-likeness (QED) is 0.566. The summed E-state index contributed by atoms with van der Waals surface area (Å²) in [5.41, 5.74) is -0.974. The molecular formula is C7H13O2. The van der Waals surface area contributed by atoms with Gasteiger partial charge in [-0.25, -0.2) is 5.11 Å². The predicted octanol–water partition coefficient (Wildman–Crippen LogP) is 1.11. The molecule has 0 aromatic carbocycles. The van der Waals surface area contributed by atoms with Gasteiger partial charge in [0.25, 0.3) is 0 Å². The maximum atomic E-state index is 11.2. The molecule has 0 spiro atoms. The minimum absolute atomic E-state index is 0.174. The van der Waals surface area contributed by atoms with Gasteiger partial charge in [0, 0.05) is 0 Å². The van der Waals surface area contributed by atoms with Crippen molar-refractivity contribution < 1.29 is 10.2 Å². The molecule has 9 heavy (non-hydrogen) atoms. The summed E-state index contributed by atoms with van der Waals surface area (Å²) in [5.74, 6) is 0. The van der Waals surface area contributed by atoms with Crippen LogP contribution in [0.5, 0.6) is 0 Å². The molecule has 0 heterocycles. The van der Waals surface area contributed by atoms with Crippen LogP contribution in [0.1, 0.15) is 32.1 Å². The summed E-state index contributed by atoms with van der Waals surface area (Å²) in [6, 6.07) is 0. The zero-order valence-electron chi connectivity index (χ0n) is 5.60. The van der Waals surface area contributed by atoms with E-state index in [2.05, 4.69) is 0 Å². The van der Waals surface area contributed by atoms with Crippen LogP contribution in [0.25, 0.3) is 0 Å². The van der Waals surface area contributed by atoms with Crippen LogP contribution in [-0.2, 0) is 5.11 Å². The van der Waals surface area contributed by atoms with Crippen LogP contribution in [0.15, 0.2) is 0 Å². The summed E-state index contributed by atoms with van der Waals surface area (Å²) in [6.07, 6.45) is 4.52. The first-order chi connectivity index (χ1) is 4.27. The van der Waals surface area contributed by atoms with Crippen molar-refractivity contribution in [1.82, 2.24) is 0 Å². The van der Waals surface area contributed by atoms with E-state index in [1.165, 1.54) is 6.42 Å². The van der Waals surface area contributed by atoms with Gasteiger partial charge >= 0.3 is 0 Å². The Labute approximate surface area is 55.5 Å². The number of aliphatic hydroxyl groups excluding tert-OH is 1. The highest BCUT2D eigenvalue weighted by atomic mass is 16.3. The van der Waals surface area contributed by atoms with Gasteiger partial charge < -0.3 is 5.11 Å². The molecular weight excluding hydrogens is 116 g/mol. The molecule has 0 aromatic rings. The van der Waals surface area contributed by atoms with Crippen LogP contribution in [-0.4, -0.2) is 17.3 Å². The van der Waals surface area contributed by atoms with Gasteiger partial charge in [-0.2, -0.15) is 0 Å². The monoisotopic (exact) mass is 129 g/mol. The lowest BCUT2D eigenvalue weighted by Gasteiger charge is -2.26. The van der Waals surface area contributed by atoms with Gasteiger partial charge in [-0.15, -0.1) is 0 Å². The average Bonchev–Trinajstić information content (AvgIpc) is 1.90. The standard InChI is InChI=1S/C7H13O2/c8-6-7(9)4-2-1-3-5-7/h8H,1-6H2. The van der Waals surface area contributed by atoms with Crippen molar-refractivity contribution in [3.63, 3.8) is 0 Å². The highest BCUT2D eigenvalue weighted by Gasteiger charge is 2.29. The zero-order valence-corrected chi connectivity index (χ0v) is 5.60. The van der Waals surface area contributed by atoms with E-state index in [1.54, 1.807) is 0 Å². The van der Waals surface area contributed by atoms with Crippen LogP contribution >= 0.6 is 0 Å². The van der Waals surface area contributed by atoms with Crippen molar-refractivity contribution in [2.24, 2.45) is 0 Å². The predicted molar refractivity (Wildman–Crippen MR) is 33.6 cm³/mol. The second-order valence-corrected chi connectivity index (χ2v) is 2.90. The smallest absolute Gasteiger partial charge is 0.126 e. The highest BCUT2D eigenvalue weighted by Crippen LogP contribution is 2.27. The highest BCUT2D eigenvalue weighted by molar-refractivity contribution is 4.80. The Balaban J connectivity index is 2.37. The molecule has 0 aliphatic heterocycles. The third-order valence-electron chi connectivity index (χ3n) is 2.05. The number of aliphatic hydroxyl groups is 1. The Morgan fingerprint density at radius 2 is 1.78 bits per heavy atom. The molecule has 0 saturated heterocycles. The maximum absolute atomic E-state index is 11.2. The first-order valence-electron chi connectivity index (χ1n) is 3.58. The van der Waals surface area contributed by atoms with Crippen molar-refractivity contribution in [3.05, 3.63) is 0 Å². The van der Waals surface area contributed by atoms with Gasteiger partial charge in [0.05, 0.1) is 6.61 Å². The lowest BCUT2D eigenvalue weighted by molar-refractivity contribution is -0.0933. The average molecular weight is 129 g/mol. The second kappa shape index (κ2) is 2.67. The van der Waals surface area contributed by atoms with E-state index in [4.69, 9.17) is 5.11 Å². The molecule has 0 bridgehead atoms. The molecule has 0 amide bonds. The van der Waals surface area contributed by atoms with E-state index in [9.17, 15) is 5.11 Å². The molecule has 53 valence electrons. The molecule has 2 heteroatoms. The van der Waals surface area contributed by atoms with Crippen LogP contribution < -0.4 is 0 Å². The van der Waals surface area contributed by atoms with Crippen molar-refractivity contribution in [1.29, 1.82) is 0 Å². The Kier molecular flexibility index (Phi) is 2.09. The Morgan fingerprint density at radius 1 is 1.22 bits per heavy atom. The third kappa shape index (κ3) is 1.66. The van der Waals surface area contributed by atoms with Crippen molar-refractivity contribution >= 4 is 0 Å². The molecule has 2 nitrogen and oxygen atoms in total. The number of hydrogen-bond acceptors (Lipinski definition) is 1. The molecule has 1 fully saturated rings. The first-order valence-corrected chi connectivity index (χ1v) is 3.58. The largest absolute Gasteiger partial charge is 0.393 e. The van der Waals surface area contributed by atoms with Crippen LogP contribution in [0, 0.1) is 0 Å². The molecule has 1 rings (SSSR count). The Bertz CT molecular complexity index is 84.9. The van der Waals surface area contributed by atoms with Gasteiger partial charge in [0.15, 0.2) is 0 Å². The minimum atomic E-state index is -0.974. The summed E-state index contributed by atoms with van der Waals surface area (Å²) < 4.78 is 0. The molecule has 0 unspecified atom stereocenters. The van der Waals surface area contributed by atoms with Crippen LogP contribution in [0.2, 0.25) is 0 Å². The molecule has 1 aliphatic rings. The summed E-state index contributed by atoms with van der Waals surface area (Å²) >= 11 is 0. The van der Waals surface area contributed by atoms with Gasteiger partial charge in [-0.05, 0) is 12.8 Å². The molecule has 0 atom stereocenters. The van der Waals surface area contributed by atoms with E-state index in [0.29, 0.717) is 12.8 Å². The summed E-state index contributed by atoms with van der Waals surface area (Å²) in [6.45, 7) is -0.174. The van der Waals surface area contributed by atoms with Gasteiger partial charge in [-0.1, -0.05) is 19.3 Å². The molecule has 0 aromatic heterocycles. The lowest BCUT2D eigenvalue weighted by Crippen LogP contribution is -2.33. The van der Waals surface area contributed by atoms with Crippen molar-refractivity contribution in [2.75, 3.05) is 6.61 Å². The van der Waals surface area contributed by atoms with E-state index < -0.39 is 5.60 Å². The zero-order chi connectivity index (χ0) is 6.74. The van der Waals surface area contributed by atoms with E-state index in [1.807, 2.05) is 0 Å². The minimum Gasteiger partial charge on any atom is -0.393 e. The third-order valence-corrected chi connectivity index (χ3v) is 2.05. The van der Waals surface area contributed by atoms with Gasteiger partial charge in [0.1, 0.15) is 5.60 Å². The summed E-state index contributed by atoms with van der Waals surface area (Å²) in [7, 11) is 0. The molecule has 1 aliphatic carbocycles. The Hall–Kier alpha value is -0.0800. The van der Waals surface area contributed by atoms with E-state index >= 15 is 0 Å². The number of hydrogen-bond donors (Lipinski definition) is 1. The second-order valence-electron chi connectivity index (χ2n) is 2.90. The fraction of sp³-hybridized carbons (Fsp3) is 1.00. The van der Waals surface area contributed by atoms with Crippen LogP contribution in [0.4, 0.5) is 0 Å². The van der Waals surface area contributed by atoms with Crippen LogP contribution in [0.3, 0.4) is 0 Å². The summed E-state index contributed by atoms with van der Waals surface area (Å²) in [4.78, 5) is 0. The maximum Gasteiger partial charge on any atom is 0.126 e. The molecule has 1 radical (unpaired) electrons. The molecule has 1 saturated carbocycles. The fourth-order valence-corrected chi connectivity index (χ4v) is 1.35. The van der Waals surface area contributed by atoms with E-state index in [0.717, 1.165) is 12.8 Å². The Morgan fingerprint density at radius 3 is 2.11 bits per heavy atom. The van der Waals surface area contributed by atoms with E-state index in [-0.39, 0.29) is 6.61 Å². The fourth-order valence-electron chi connectivity index (χ4n) is 1.35. The lowest BCUT2D eigenvalue weighted by atomic mass is 9.86. The van der Waals surface area contributed by atoms with Gasteiger partial charge in [-0.3, -0.25) is 0 Å². The SMILES string of the molecule is [O]C1(CO)CCCCC1. The van der Waals surface area contributed by atoms with Crippen molar-refractivity contribution in [3.8, 4) is 0 Å². The summed E-state index contributed by atoms with van der Waals surface area (Å²) in [5, 5.41) is 19.9. The first kappa shape index (κ1) is 7.03. The normalized spacial score (nSPS) is 26.0. The van der Waals surface area contributed by atoms with Gasteiger partial charge in [0.2, 0.25) is 0 Å².